The number of aromatic carboxylic acids is 1. The van der Waals surface area contributed by atoms with Crippen molar-refractivity contribution in [2.24, 2.45) is 0 Å². The van der Waals surface area contributed by atoms with Crippen LogP contribution in [0, 0.1) is 5.82 Å². The van der Waals surface area contributed by atoms with Crippen molar-refractivity contribution in [1.82, 2.24) is 4.98 Å². The van der Waals surface area contributed by atoms with Crippen molar-refractivity contribution in [3.8, 4) is 0 Å². The fraction of sp³-hybridized carbons (Fsp3) is 0.200. The summed E-state index contributed by atoms with van der Waals surface area (Å²) in [5.74, 6) is -1.15. The molecule has 110 valence electrons. The van der Waals surface area contributed by atoms with E-state index in [-0.39, 0.29) is 17.6 Å². The van der Waals surface area contributed by atoms with Crippen LogP contribution >= 0.6 is 0 Å². The molecule has 0 fully saturated rings. The Hall–Kier alpha value is -2.63. The topological polar surface area (TPSA) is 79.5 Å². The quantitative estimate of drug-likeness (QED) is 0.904. The van der Waals surface area contributed by atoms with Crippen LogP contribution in [0.3, 0.4) is 0 Å². The third-order valence-corrected chi connectivity index (χ3v) is 3.39. The highest BCUT2D eigenvalue weighted by atomic mass is 19.1. The summed E-state index contributed by atoms with van der Waals surface area (Å²) in [5.41, 5.74) is 6.58. The van der Waals surface area contributed by atoms with Crippen LogP contribution in [-0.2, 0) is 0 Å². The molecule has 0 bridgehead atoms. The van der Waals surface area contributed by atoms with E-state index in [2.05, 4.69) is 4.98 Å². The Morgan fingerprint density at radius 1 is 1.33 bits per heavy atom. The van der Waals surface area contributed by atoms with Crippen LogP contribution in [0.15, 0.2) is 36.4 Å². The molecule has 1 atom stereocenters. The number of anilines is 2. The molecular formula is C15H16FN3O2. The number of hydrogen-bond acceptors (Lipinski definition) is 4. The number of pyridine rings is 1. The molecule has 1 aromatic heterocycles. The van der Waals surface area contributed by atoms with Crippen LogP contribution in [0.4, 0.5) is 15.9 Å². The molecule has 0 aliphatic heterocycles. The summed E-state index contributed by atoms with van der Waals surface area (Å²) in [6, 6.07) is 8.89. The van der Waals surface area contributed by atoms with Gasteiger partial charge in [0.25, 0.3) is 0 Å². The summed E-state index contributed by atoms with van der Waals surface area (Å²) in [4.78, 5) is 16.7. The van der Waals surface area contributed by atoms with Gasteiger partial charge in [0.05, 0.1) is 11.7 Å². The minimum Gasteiger partial charge on any atom is -0.477 e. The molecule has 6 heteroatoms. The van der Waals surface area contributed by atoms with Gasteiger partial charge >= 0.3 is 5.97 Å². The van der Waals surface area contributed by atoms with Gasteiger partial charge in [0.1, 0.15) is 5.82 Å². The van der Waals surface area contributed by atoms with Gasteiger partial charge in [0, 0.05) is 12.6 Å². The number of carboxylic acid groups (broad SMARTS) is 1. The first-order chi connectivity index (χ1) is 9.91. The third kappa shape index (κ3) is 2.94. The summed E-state index contributed by atoms with van der Waals surface area (Å²) in [6.07, 6.45) is 0. The van der Waals surface area contributed by atoms with Gasteiger partial charge in [-0.2, -0.15) is 0 Å². The van der Waals surface area contributed by atoms with Crippen molar-refractivity contribution >= 4 is 17.5 Å². The molecule has 5 nitrogen and oxygen atoms in total. The van der Waals surface area contributed by atoms with Crippen molar-refractivity contribution < 1.29 is 14.3 Å². The average molecular weight is 289 g/mol. The van der Waals surface area contributed by atoms with E-state index in [1.165, 1.54) is 18.2 Å². The number of halogens is 1. The Balaban J connectivity index is 2.40. The lowest BCUT2D eigenvalue weighted by Gasteiger charge is -2.27. The summed E-state index contributed by atoms with van der Waals surface area (Å²) in [7, 11) is 1.70. The number of aromatic nitrogens is 1. The van der Waals surface area contributed by atoms with Gasteiger partial charge in [0.15, 0.2) is 11.5 Å². The first-order valence-electron chi connectivity index (χ1n) is 6.39. The number of carboxylic acids is 1. The normalized spacial score (nSPS) is 12.0. The Morgan fingerprint density at radius 3 is 2.62 bits per heavy atom. The fourth-order valence-corrected chi connectivity index (χ4v) is 2.07. The van der Waals surface area contributed by atoms with Gasteiger partial charge in [-0.15, -0.1) is 0 Å². The number of rotatable bonds is 4. The number of carbonyl (C=O) groups is 1. The molecule has 2 rings (SSSR count). The van der Waals surface area contributed by atoms with Crippen LogP contribution in [0.1, 0.15) is 29.0 Å². The van der Waals surface area contributed by atoms with Gasteiger partial charge in [-0.3, -0.25) is 0 Å². The van der Waals surface area contributed by atoms with E-state index in [1.54, 1.807) is 37.1 Å². The Labute approximate surface area is 121 Å². The molecule has 21 heavy (non-hydrogen) atoms. The second-order valence-corrected chi connectivity index (χ2v) is 4.72. The molecule has 0 aliphatic rings. The first kappa shape index (κ1) is 14.8. The minimum atomic E-state index is -1.14. The van der Waals surface area contributed by atoms with Gasteiger partial charge in [-0.25, -0.2) is 14.2 Å². The van der Waals surface area contributed by atoms with Crippen LogP contribution in [0.2, 0.25) is 0 Å². The largest absolute Gasteiger partial charge is 0.477 e. The molecule has 1 aromatic carbocycles. The molecule has 0 spiro atoms. The SMILES string of the molecule is CC(c1ccccc1F)N(C)c1nc(C(=O)O)ccc1N. The monoisotopic (exact) mass is 289 g/mol. The molecule has 1 unspecified atom stereocenters. The van der Waals surface area contributed by atoms with E-state index >= 15 is 0 Å². The zero-order valence-corrected chi connectivity index (χ0v) is 11.7. The molecular weight excluding hydrogens is 273 g/mol. The number of nitrogens with zero attached hydrogens (tertiary/aromatic N) is 2. The van der Waals surface area contributed by atoms with Crippen molar-refractivity contribution in [3.63, 3.8) is 0 Å². The summed E-state index contributed by atoms with van der Waals surface area (Å²) in [5, 5.41) is 9.00. The molecule has 0 amide bonds. The van der Waals surface area contributed by atoms with E-state index in [0.29, 0.717) is 17.1 Å². The number of benzene rings is 1. The molecule has 0 saturated carbocycles. The van der Waals surface area contributed by atoms with Crippen LogP contribution < -0.4 is 10.6 Å². The fourth-order valence-electron chi connectivity index (χ4n) is 2.07. The molecule has 2 aromatic rings. The van der Waals surface area contributed by atoms with Gasteiger partial charge < -0.3 is 15.7 Å². The van der Waals surface area contributed by atoms with Crippen molar-refractivity contribution in [2.45, 2.75) is 13.0 Å². The van der Waals surface area contributed by atoms with E-state index in [4.69, 9.17) is 10.8 Å². The number of nitrogen functional groups attached to an aromatic ring is 1. The van der Waals surface area contributed by atoms with Crippen LogP contribution in [0.25, 0.3) is 0 Å². The predicted octanol–water partition coefficient (Wildman–Crippen LogP) is 2.70. The zero-order chi connectivity index (χ0) is 15.6. The van der Waals surface area contributed by atoms with E-state index in [1.807, 2.05) is 0 Å². The summed E-state index contributed by atoms with van der Waals surface area (Å²) >= 11 is 0. The lowest BCUT2D eigenvalue weighted by Crippen LogP contribution is -2.25. The van der Waals surface area contributed by atoms with Crippen molar-refractivity contribution in [2.75, 3.05) is 17.7 Å². The van der Waals surface area contributed by atoms with E-state index < -0.39 is 5.97 Å². The second kappa shape index (κ2) is 5.78. The van der Waals surface area contributed by atoms with Crippen molar-refractivity contribution in [1.29, 1.82) is 0 Å². The van der Waals surface area contributed by atoms with Crippen molar-refractivity contribution in [3.05, 3.63) is 53.5 Å². The lowest BCUT2D eigenvalue weighted by molar-refractivity contribution is 0.0690. The van der Waals surface area contributed by atoms with Gasteiger partial charge in [-0.05, 0) is 25.1 Å². The van der Waals surface area contributed by atoms with Crippen LogP contribution in [-0.4, -0.2) is 23.1 Å². The lowest BCUT2D eigenvalue weighted by atomic mass is 10.1. The highest BCUT2D eigenvalue weighted by Crippen LogP contribution is 2.29. The summed E-state index contributed by atoms with van der Waals surface area (Å²) in [6.45, 7) is 1.80. The standard InChI is InChI=1S/C15H16FN3O2/c1-9(10-5-3-4-6-11(10)16)19(2)14-12(17)7-8-13(18-14)15(20)21/h3-9H,17H2,1-2H3,(H,20,21). The molecule has 0 saturated heterocycles. The van der Waals surface area contributed by atoms with E-state index in [0.717, 1.165) is 0 Å². The molecule has 3 N–H and O–H groups in total. The molecule has 0 radical (unpaired) electrons. The number of nitrogens with two attached hydrogens (primary N) is 1. The molecule has 1 heterocycles. The Morgan fingerprint density at radius 2 is 2.00 bits per heavy atom. The minimum absolute atomic E-state index is 0.105. The zero-order valence-electron chi connectivity index (χ0n) is 11.7. The Kier molecular flexibility index (Phi) is 4.07. The maximum absolute atomic E-state index is 13.9. The predicted molar refractivity (Wildman–Crippen MR) is 78.8 cm³/mol. The maximum Gasteiger partial charge on any atom is 0.354 e. The van der Waals surface area contributed by atoms with Crippen LogP contribution in [0.5, 0.6) is 0 Å². The number of hydrogen-bond donors (Lipinski definition) is 2. The molecule has 0 aliphatic carbocycles. The maximum atomic E-state index is 13.9. The van der Waals surface area contributed by atoms with Gasteiger partial charge in [0.2, 0.25) is 0 Å². The third-order valence-electron chi connectivity index (χ3n) is 3.39. The second-order valence-electron chi connectivity index (χ2n) is 4.72. The first-order valence-corrected chi connectivity index (χ1v) is 6.39. The Bertz CT molecular complexity index is 676. The highest BCUT2D eigenvalue weighted by Gasteiger charge is 2.20. The van der Waals surface area contributed by atoms with Gasteiger partial charge in [-0.1, -0.05) is 18.2 Å². The smallest absolute Gasteiger partial charge is 0.354 e. The highest BCUT2D eigenvalue weighted by molar-refractivity contribution is 5.87. The van der Waals surface area contributed by atoms with E-state index in [9.17, 15) is 9.18 Å². The summed E-state index contributed by atoms with van der Waals surface area (Å²) < 4.78 is 13.9. The average Bonchev–Trinajstić information content (AvgIpc) is 2.46.